The molecule has 140 valence electrons. The Bertz CT molecular complexity index is 680. The highest BCUT2D eigenvalue weighted by Crippen LogP contribution is 2.32. The van der Waals surface area contributed by atoms with Gasteiger partial charge in [-0.05, 0) is 18.1 Å². The molecule has 0 aliphatic carbocycles. The van der Waals surface area contributed by atoms with Crippen LogP contribution in [0.2, 0.25) is 0 Å². The first-order valence-electron chi connectivity index (χ1n) is 8.94. The molecular formula is C18H28N2O4S. The molecule has 6 nitrogen and oxygen atoms in total. The van der Waals surface area contributed by atoms with Gasteiger partial charge in [0.05, 0.1) is 23.7 Å². The van der Waals surface area contributed by atoms with E-state index in [2.05, 4.69) is 11.8 Å². The van der Waals surface area contributed by atoms with Crippen molar-refractivity contribution >= 4 is 10.0 Å². The van der Waals surface area contributed by atoms with Crippen molar-refractivity contribution in [2.24, 2.45) is 0 Å². The van der Waals surface area contributed by atoms with Gasteiger partial charge in [-0.25, -0.2) is 8.42 Å². The second-order valence-electron chi connectivity index (χ2n) is 6.91. The fourth-order valence-electron chi connectivity index (χ4n) is 3.78. The molecule has 0 bridgehead atoms. The largest absolute Gasteiger partial charge is 0.379 e. The monoisotopic (exact) mass is 368 g/mol. The van der Waals surface area contributed by atoms with Crippen LogP contribution >= 0.6 is 0 Å². The Morgan fingerprint density at radius 2 is 1.88 bits per heavy atom. The zero-order valence-corrected chi connectivity index (χ0v) is 15.9. The number of nitrogens with zero attached hydrogens (tertiary/aromatic N) is 2. The van der Waals surface area contributed by atoms with Crippen LogP contribution in [0.1, 0.15) is 25.3 Å². The zero-order chi connectivity index (χ0) is 17.9. The molecule has 1 aromatic carbocycles. The van der Waals surface area contributed by atoms with Crippen molar-refractivity contribution in [2.75, 3.05) is 46.5 Å². The summed E-state index contributed by atoms with van der Waals surface area (Å²) in [6.45, 7) is 6.25. The summed E-state index contributed by atoms with van der Waals surface area (Å²) < 4.78 is 38.5. The van der Waals surface area contributed by atoms with E-state index in [1.54, 1.807) is 19.2 Å². The van der Waals surface area contributed by atoms with Crippen molar-refractivity contribution in [1.29, 1.82) is 0 Å². The van der Waals surface area contributed by atoms with Gasteiger partial charge in [0.2, 0.25) is 10.0 Å². The van der Waals surface area contributed by atoms with Crippen molar-refractivity contribution in [3.05, 3.63) is 29.8 Å². The number of likely N-dealkylation sites (tertiary alicyclic amines) is 1. The van der Waals surface area contributed by atoms with E-state index in [0.717, 1.165) is 31.5 Å². The van der Waals surface area contributed by atoms with E-state index in [4.69, 9.17) is 9.47 Å². The molecule has 0 radical (unpaired) electrons. The van der Waals surface area contributed by atoms with Crippen molar-refractivity contribution < 1.29 is 17.9 Å². The molecule has 2 saturated heterocycles. The zero-order valence-electron chi connectivity index (χ0n) is 15.1. The minimum atomic E-state index is -3.47. The molecule has 0 aromatic heterocycles. The van der Waals surface area contributed by atoms with Gasteiger partial charge in [-0.3, -0.25) is 4.90 Å². The molecular weight excluding hydrogens is 340 g/mol. The van der Waals surface area contributed by atoms with E-state index < -0.39 is 10.0 Å². The molecule has 0 atom stereocenters. The predicted octanol–water partition coefficient (Wildman–Crippen LogP) is 1.71. The maximum atomic E-state index is 13.0. The number of hydrogen-bond donors (Lipinski definition) is 0. The normalized spacial score (nSPS) is 21.8. The average Bonchev–Trinajstić information content (AvgIpc) is 2.61. The lowest BCUT2D eigenvalue weighted by molar-refractivity contribution is -0.132. The van der Waals surface area contributed by atoms with Crippen LogP contribution in [0.5, 0.6) is 0 Å². The van der Waals surface area contributed by atoms with Gasteiger partial charge in [-0.15, -0.1) is 0 Å². The standard InChI is InChI=1S/C18H28N2O4S/c1-3-8-18(23-2)14-19(15-18)13-16-6-4-5-7-17(16)25(21,22)20-9-11-24-12-10-20/h4-7H,3,8-15H2,1-2H3. The molecule has 1 aromatic rings. The summed E-state index contributed by atoms with van der Waals surface area (Å²) in [4.78, 5) is 2.68. The third kappa shape index (κ3) is 3.90. The number of ether oxygens (including phenoxy) is 2. The molecule has 2 heterocycles. The first-order valence-corrected chi connectivity index (χ1v) is 10.4. The lowest BCUT2D eigenvalue weighted by atomic mass is 9.88. The number of hydrogen-bond acceptors (Lipinski definition) is 5. The van der Waals surface area contributed by atoms with E-state index in [0.29, 0.717) is 37.7 Å². The Morgan fingerprint density at radius 1 is 1.20 bits per heavy atom. The molecule has 0 spiro atoms. The third-order valence-electron chi connectivity index (χ3n) is 5.12. The van der Waals surface area contributed by atoms with Crippen LogP contribution in [-0.4, -0.2) is 69.7 Å². The van der Waals surface area contributed by atoms with E-state index in [9.17, 15) is 8.42 Å². The summed E-state index contributed by atoms with van der Waals surface area (Å²) in [6, 6.07) is 7.34. The highest BCUT2D eigenvalue weighted by Gasteiger charge is 2.42. The second kappa shape index (κ2) is 7.72. The average molecular weight is 368 g/mol. The Hall–Kier alpha value is -0.990. The second-order valence-corrected chi connectivity index (χ2v) is 8.81. The van der Waals surface area contributed by atoms with Crippen LogP contribution in [0.25, 0.3) is 0 Å². The lowest BCUT2D eigenvalue weighted by Gasteiger charge is -2.49. The minimum absolute atomic E-state index is 0.0627. The van der Waals surface area contributed by atoms with E-state index in [1.165, 1.54) is 4.31 Å². The van der Waals surface area contributed by atoms with Crippen molar-refractivity contribution in [2.45, 2.75) is 36.8 Å². The molecule has 25 heavy (non-hydrogen) atoms. The molecule has 0 N–H and O–H groups in total. The molecule has 3 rings (SSSR count). The fraction of sp³-hybridized carbons (Fsp3) is 0.667. The summed E-state index contributed by atoms with van der Waals surface area (Å²) in [7, 11) is -1.70. The van der Waals surface area contributed by atoms with Gasteiger partial charge < -0.3 is 9.47 Å². The van der Waals surface area contributed by atoms with Crippen LogP contribution in [-0.2, 0) is 26.0 Å². The summed E-state index contributed by atoms with van der Waals surface area (Å²) in [5.41, 5.74) is 0.794. The Balaban J connectivity index is 1.74. The first kappa shape index (κ1) is 18.8. The maximum absolute atomic E-state index is 13.0. The highest BCUT2D eigenvalue weighted by molar-refractivity contribution is 7.89. The molecule has 0 amide bonds. The number of morpholine rings is 1. The number of methoxy groups -OCH3 is 1. The summed E-state index contributed by atoms with van der Waals surface area (Å²) in [5, 5.41) is 0. The molecule has 2 aliphatic rings. The van der Waals surface area contributed by atoms with Crippen LogP contribution in [0.4, 0.5) is 0 Å². The Kier molecular flexibility index (Phi) is 5.80. The van der Waals surface area contributed by atoms with Gasteiger partial charge in [0.15, 0.2) is 0 Å². The number of sulfonamides is 1. The molecule has 2 fully saturated rings. The molecule has 2 aliphatic heterocycles. The van der Waals surface area contributed by atoms with Gasteiger partial charge in [0, 0.05) is 39.8 Å². The van der Waals surface area contributed by atoms with E-state index >= 15 is 0 Å². The third-order valence-corrected chi connectivity index (χ3v) is 7.12. The van der Waals surface area contributed by atoms with Gasteiger partial charge in [0.1, 0.15) is 0 Å². The van der Waals surface area contributed by atoms with Crippen molar-refractivity contribution in [3.63, 3.8) is 0 Å². The van der Waals surface area contributed by atoms with Crippen LogP contribution < -0.4 is 0 Å². The minimum Gasteiger partial charge on any atom is -0.379 e. The van der Waals surface area contributed by atoms with Crippen LogP contribution in [0, 0.1) is 0 Å². The van der Waals surface area contributed by atoms with Gasteiger partial charge in [-0.2, -0.15) is 4.31 Å². The number of benzene rings is 1. The molecule has 7 heteroatoms. The van der Waals surface area contributed by atoms with Crippen molar-refractivity contribution in [3.8, 4) is 0 Å². The van der Waals surface area contributed by atoms with Crippen LogP contribution in [0.15, 0.2) is 29.2 Å². The first-order chi connectivity index (χ1) is 12.0. The molecule has 0 saturated carbocycles. The Labute approximate surface area is 150 Å². The van der Waals surface area contributed by atoms with Crippen molar-refractivity contribution in [1.82, 2.24) is 9.21 Å². The summed E-state index contributed by atoms with van der Waals surface area (Å²) in [5.74, 6) is 0. The van der Waals surface area contributed by atoms with Gasteiger partial charge in [0.25, 0.3) is 0 Å². The van der Waals surface area contributed by atoms with Gasteiger partial charge >= 0.3 is 0 Å². The SMILES string of the molecule is CCCC1(OC)CN(Cc2ccccc2S(=O)(=O)N2CCOCC2)C1. The summed E-state index contributed by atoms with van der Waals surface area (Å²) in [6.07, 6.45) is 2.12. The van der Waals surface area contributed by atoms with E-state index in [-0.39, 0.29) is 5.60 Å². The van der Waals surface area contributed by atoms with E-state index in [1.807, 2.05) is 12.1 Å². The topological polar surface area (TPSA) is 59.1 Å². The lowest BCUT2D eigenvalue weighted by Crippen LogP contribution is -2.62. The quantitative estimate of drug-likeness (QED) is 0.733. The number of rotatable bonds is 7. The van der Waals surface area contributed by atoms with Crippen LogP contribution in [0.3, 0.4) is 0 Å². The van der Waals surface area contributed by atoms with Gasteiger partial charge in [-0.1, -0.05) is 31.5 Å². The maximum Gasteiger partial charge on any atom is 0.243 e. The molecule has 0 unspecified atom stereocenters. The fourth-order valence-corrected chi connectivity index (χ4v) is 5.40. The predicted molar refractivity (Wildman–Crippen MR) is 95.9 cm³/mol. The summed E-state index contributed by atoms with van der Waals surface area (Å²) >= 11 is 0. The smallest absolute Gasteiger partial charge is 0.243 e. The highest BCUT2D eigenvalue weighted by atomic mass is 32.2. The Morgan fingerprint density at radius 3 is 2.52 bits per heavy atom.